The number of phenolic OH excluding ortho intramolecular Hbond substituents is 1. The first-order valence-corrected chi connectivity index (χ1v) is 8.23. The van der Waals surface area contributed by atoms with Gasteiger partial charge in [0, 0.05) is 17.1 Å². The van der Waals surface area contributed by atoms with Crippen molar-refractivity contribution in [1.29, 1.82) is 0 Å². The number of esters is 1. The van der Waals surface area contributed by atoms with E-state index in [-0.39, 0.29) is 17.6 Å². The Kier molecular flexibility index (Phi) is 4.53. The number of hydrogen-bond donors (Lipinski definition) is 1. The van der Waals surface area contributed by atoms with Gasteiger partial charge >= 0.3 is 5.97 Å². The zero-order valence-corrected chi connectivity index (χ0v) is 14.9. The number of rotatable bonds is 3. The Morgan fingerprint density at radius 3 is 2.44 bits per heavy atom. The normalized spacial score (nSPS) is 16.4. The molecule has 1 aliphatic carbocycles. The summed E-state index contributed by atoms with van der Waals surface area (Å²) in [6, 6.07) is 12.1. The molecule has 25 heavy (non-hydrogen) atoms. The van der Waals surface area contributed by atoms with Gasteiger partial charge in [0.1, 0.15) is 0 Å². The van der Waals surface area contributed by atoms with Crippen LogP contribution in [0.2, 0.25) is 0 Å². The number of fused-ring (bicyclic) bond motifs is 1. The first kappa shape index (κ1) is 17.1. The predicted molar refractivity (Wildman–Crippen MR) is 96.9 cm³/mol. The highest BCUT2D eigenvalue weighted by Crippen LogP contribution is 2.49. The third kappa shape index (κ3) is 2.78. The molecule has 0 spiro atoms. The minimum atomic E-state index is -0.358. The number of aryl methyl sites for hydroxylation is 1. The number of benzene rings is 2. The minimum absolute atomic E-state index is 0.0236. The van der Waals surface area contributed by atoms with Crippen LogP contribution >= 0.6 is 0 Å². The fourth-order valence-corrected chi connectivity index (χ4v) is 3.70. The molecule has 4 nitrogen and oxygen atoms in total. The summed E-state index contributed by atoms with van der Waals surface area (Å²) in [7, 11) is 2.91. The Labute approximate surface area is 147 Å². The molecule has 1 atom stereocenters. The zero-order valence-electron chi connectivity index (χ0n) is 14.9. The van der Waals surface area contributed by atoms with Crippen molar-refractivity contribution in [3.8, 4) is 11.5 Å². The van der Waals surface area contributed by atoms with E-state index in [1.54, 1.807) is 0 Å². The molecule has 0 amide bonds. The van der Waals surface area contributed by atoms with Crippen LogP contribution < -0.4 is 4.74 Å². The lowest BCUT2D eigenvalue weighted by molar-refractivity contribution is -0.136. The summed E-state index contributed by atoms with van der Waals surface area (Å²) in [5.41, 5.74) is 4.97. The lowest BCUT2D eigenvalue weighted by atomic mass is 9.75. The first-order chi connectivity index (χ1) is 12.0. The maximum absolute atomic E-state index is 12.3. The molecular formula is C21H22O4. The van der Waals surface area contributed by atoms with E-state index in [2.05, 4.69) is 0 Å². The summed E-state index contributed by atoms with van der Waals surface area (Å²) in [6.07, 6.45) is 0.542. The van der Waals surface area contributed by atoms with Crippen LogP contribution in [0.5, 0.6) is 11.5 Å². The summed E-state index contributed by atoms with van der Waals surface area (Å²) in [5.74, 6) is 0.139. The largest absolute Gasteiger partial charge is 0.504 e. The van der Waals surface area contributed by atoms with Crippen molar-refractivity contribution >= 4 is 11.5 Å². The fourth-order valence-electron chi connectivity index (χ4n) is 3.70. The van der Waals surface area contributed by atoms with Gasteiger partial charge in [-0.3, -0.25) is 0 Å². The molecular weight excluding hydrogens is 316 g/mol. The molecule has 0 saturated carbocycles. The Balaban J connectivity index is 2.30. The summed E-state index contributed by atoms with van der Waals surface area (Å²) in [5, 5.41) is 10.8. The molecule has 130 valence electrons. The van der Waals surface area contributed by atoms with Crippen LogP contribution in [0.4, 0.5) is 0 Å². The molecule has 0 aromatic heterocycles. The van der Waals surface area contributed by atoms with Crippen LogP contribution in [0.15, 0.2) is 42.0 Å². The second kappa shape index (κ2) is 6.63. The lowest BCUT2D eigenvalue weighted by Gasteiger charge is -2.30. The third-order valence-corrected chi connectivity index (χ3v) is 4.92. The van der Waals surface area contributed by atoms with Crippen LogP contribution in [-0.4, -0.2) is 25.3 Å². The lowest BCUT2D eigenvalue weighted by Crippen LogP contribution is -2.18. The van der Waals surface area contributed by atoms with Gasteiger partial charge in [-0.2, -0.15) is 0 Å². The monoisotopic (exact) mass is 338 g/mol. The summed E-state index contributed by atoms with van der Waals surface area (Å²) < 4.78 is 10.3. The zero-order chi connectivity index (χ0) is 18.1. The Hall–Kier alpha value is -2.75. The second-order valence-electron chi connectivity index (χ2n) is 6.30. The molecule has 3 rings (SSSR count). The van der Waals surface area contributed by atoms with Gasteiger partial charge in [0.15, 0.2) is 11.5 Å². The molecule has 0 saturated heterocycles. The Bertz CT molecular complexity index is 850. The fraction of sp³-hybridized carbons (Fsp3) is 0.286. The standard InChI is InChI=1S/C21H22O4/c1-12-10-17-16(14-8-6-5-7-9-14)11-15(21(23)25-4)13(2)18(17)19(22)20(12)24-3/h5-10,16,22H,11H2,1-4H3. The maximum Gasteiger partial charge on any atom is 0.334 e. The molecule has 0 aliphatic heterocycles. The van der Waals surface area contributed by atoms with Gasteiger partial charge < -0.3 is 14.6 Å². The van der Waals surface area contributed by atoms with E-state index in [1.807, 2.05) is 50.2 Å². The highest BCUT2D eigenvalue weighted by atomic mass is 16.5. The number of allylic oxidation sites excluding steroid dienone is 1. The number of ether oxygens (including phenoxy) is 2. The third-order valence-electron chi connectivity index (χ3n) is 4.92. The maximum atomic E-state index is 12.3. The summed E-state index contributed by atoms with van der Waals surface area (Å²) in [4.78, 5) is 12.3. The van der Waals surface area contributed by atoms with E-state index in [0.29, 0.717) is 23.3 Å². The van der Waals surface area contributed by atoms with Crippen LogP contribution in [0.1, 0.15) is 41.5 Å². The average molecular weight is 338 g/mol. The van der Waals surface area contributed by atoms with Gasteiger partial charge in [-0.1, -0.05) is 36.4 Å². The molecule has 2 aromatic carbocycles. The number of aromatic hydroxyl groups is 1. The Morgan fingerprint density at radius 2 is 1.84 bits per heavy atom. The number of methoxy groups -OCH3 is 2. The average Bonchev–Trinajstić information content (AvgIpc) is 2.62. The van der Waals surface area contributed by atoms with Crippen molar-refractivity contribution in [3.05, 3.63) is 64.2 Å². The van der Waals surface area contributed by atoms with Gasteiger partial charge in [0.25, 0.3) is 0 Å². The van der Waals surface area contributed by atoms with Crippen molar-refractivity contribution in [1.82, 2.24) is 0 Å². The number of hydrogen-bond acceptors (Lipinski definition) is 4. The van der Waals surface area contributed by atoms with Gasteiger partial charge in [-0.25, -0.2) is 4.79 Å². The van der Waals surface area contributed by atoms with Crippen LogP contribution in [-0.2, 0) is 9.53 Å². The highest BCUT2D eigenvalue weighted by molar-refractivity contribution is 6.00. The molecule has 0 heterocycles. The second-order valence-corrected chi connectivity index (χ2v) is 6.30. The molecule has 4 heteroatoms. The van der Waals surface area contributed by atoms with Crippen molar-refractivity contribution in [2.45, 2.75) is 26.2 Å². The van der Waals surface area contributed by atoms with E-state index in [9.17, 15) is 9.90 Å². The molecule has 0 bridgehead atoms. The van der Waals surface area contributed by atoms with Gasteiger partial charge in [-0.05, 0) is 42.5 Å². The van der Waals surface area contributed by atoms with E-state index in [4.69, 9.17) is 9.47 Å². The van der Waals surface area contributed by atoms with E-state index >= 15 is 0 Å². The van der Waals surface area contributed by atoms with E-state index < -0.39 is 0 Å². The van der Waals surface area contributed by atoms with Crippen LogP contribution in [0.3, 0.4) is 0 Å². The Morgan fingerprint density at radius 1 is 1.16 bits per heavy atom. The van der Waals surface area contributed by atoms with Crippen LogP contribution in [0, 0.1) is 6.92 Å². The van der Waals surface area contributed by atoms with E-state index in [0.717, 1.165) is 22.3 Å². The number of carbonyl (C=O) groups is 1. The molecule has 1 unspecified atom stereocenters. The van der Waals surface area contributed by atoms with Crippen molar-refractivity contribution in [2.75, 3.05) is 14.2 Å². The highest BCUT2D eigenvalue weighted by Gasteiger charge is 2.33. The van der Waals surface area contributed by atoms with Crippen molar-refractivity contribution in [2.24, 2.45) is 0 Å². The molecule has 1 aliphatic rings. The SMILES string of the molecule is COC(=O)C1=C(C)c2c(cc(C)c(OC)c2O)C(c2ccccc2)C1. The number of phenols is 1. The number of carbonyl (C=O) groups excluding carboxylic acids is 1. The molecule has 0 radical (unpaired) electrons. The smallest absolute Gasteiger partial charge is 0.334 e. The summed E-state index contributed by atoms with van der Waals surface area (Å²) in [6.45, 7) is 3.76. The predicted octanol–water partition coefficient (Wildman–Crippen LogP) is 4.19. The first-order valence-electron chi connectivity index (χ1n) is 8.23. The molecule has 2 aromatic rings. The van der Waals surface area contributed by atoms with Crippen molar-refractivity contribution < 1.29 is 19.4 Å². The van der Waals surface area contributed by atoms with Gasteiger partial charge in [0.05, 0.1) is 14.2 Å². The molecule has 1 N–H and O–H groups in total. The van der Waals surface area contributed by atoms with Gasteiger partial charge in [-0.15, -0.1) is 0 Å². The summed E-state index contributed by atoms with van der Waals surface area (Å²) >= 11 is 0. The van der Waals surface area contributed by atoms with Gasteiger partial charge in [0.2, 0.25) is 0 Å². The minimum Gasteiger partial charge on any atom is -0.504 e. The van der Waals surface area contributed by atoms with Crippen LogP contribution in [0.25, 0.3) is 5.57 Å². The molecule has 0 fully saturated rings. The van der Waals surface area contributed by atoms with E-state index in [1.165, 1.54) is 14.2 Å². The van der Waals surface area contributed by atoms with Crippen molar-refractivity contribution in [3.63, 3.8) is 0 Å². The quantitative estimate of drug-likeness (QED) is 0.853. The topological polar surface area (TPSA) is 55.8 Å².